The molecule has 3 nitrogen and oxygen atoms in total. The molecule has 0 aromatic rings. The van der Waals surface area contributed by atoms with Crippen LogP contribution in [-0.4, -0.2) is 19.4 Å². The summed E-state index contributed by atoms with van der Waals surface area (Å²) in [6.07, 6.45) is 14.6. The first-order valence-electron chi connectivity index (χ1n) is 6.54. The van der Waals surface area contributed by atoms with Crippen molar-refractivity contribution in [3.05, 3.63) is 12.2 Å². The minimum atomic E-state index is -3.23. The molecule has 0 spiro atoms. The van der Waals surface area contributed by atoms with Crippen LogP contribution in [0.25, 0.3) is 0 Å². The smallest absolute Gasteiger partial charge is 0.307 e. The van der Waals surface area contributed by atoms with E-state index in [2.05, 4.69) is 11.8 Å². The summed E-state index contributed by atoms with van der Waals surface area (Å²) in [5.74, 6) is 5.20. The number of hydrogen-bond acceptors (Lipinski definition) is 3. The van der Waals surface area contributed by atoms with Crippen molar-refractivity contribution in [3.63, 3.8) is 0 Å². The van der Waals surface area contributed by atoms with Crippen LogP contribution in [0.2, 0.25) is 0 Å². The van der Waals surface area contributed by atoms with Gasteiger partial charge in [-0.25, -0.2) is 0 Å². The highest BCUT2D eigenvalue weighted by atomic mass is 31.2. The molecule has 20 heavy (non-hydrogen) atoms. The molecule has 0 aliphatic carbocycles. The Balaban J connectivity index is 4.82. The third-order valence-corrected chi connectivity index (χ3v) is 4.29. The third kappa shape index (κ3) is 7.56. The van der Waals surface area contributed by atoms with Gasteiger partial charge in [0.25, 0.3) is 0 Å². The first-order chi connectivity index (χ1) is 9.10. The highest BCUT2D eigenvalue weighted by Gasteiger charge is 2.29. The molecule has 0 fully saturated rings. The monoisotopic (exact) mass is 296 g/mol. The van der Waals surface area contributed by atoms with Gasteiger partial charge in [-0.05, 0) is 34.6 Å². The Morgan fingerprint density at radius 2 is 1.45 bits per heavy atom. The molecule has 0 atom stereocenters. The predicted octanol–water partition coefficient (Wildman–Crippen LogP) is 4.11. The van der Waals surface area contributed by atoms with Crippen molar-refractivity contribution < 1.29 is 13.6 Å². The molecule has 0 aromatic carbocycles. The van der Waals surface area contributed by atoms with Gasteiger partial charge in [0, 0.05) is 10.8 Å². The fourth-order valence-electron chi connectivity index (χ4n) is 0.980. The van der Waals surface area contributed by atoms with Crippen LogP contribution in [0.3, 0.4) is 0 Å². The maximum absolute atomic E-state index is 12.7. The van der Waals surface area contributed by atoms with Gasteiger partial charge in [-0.1, -0.05) is 24.0 Å². The van der Waals surface area contributed by atoms with Gasteiger partial charge in [0.15, 0.2) is 0 Å². The van der Waals surface area contributed by atoms with Crippen LogP contribution in [-0.2, 0) is 13.6 Å². The van der Waals surface area contributed by atoms with Crippen molar-refractivity contribution in [2.75, 3.05) is 19.4 Å². The SMILES string of the molecule is C#CC(C)(C)COP(=O)(CC=CC)OCC(C)(C)C#C. The second-order valence-corrected chi connectivity index (χ2v) is 8.07. The fraction of sp³-hybridized carbons (Fsp3) is 0.625. The zero-order valence-corrected chi connectivity index (χ0v) is 14.0. The van der Waals surface area contributed by atoms with Gasteiger partial charge in [-0.15, -0.1) is 12.8 Å². The lowest BCUT2D eigenvalue weighted by Gasteiger charge is -2.25. The number of terminal acetylenes is 2. The number of hydrogen-bond donors (Lipinski definition) is 0. The average molecular weight is 296 g/mol. The van der Waals surface area contributed by atoms with Crippen LogP contribution in [0.15, 0.2) is 12.2 Å². The number of rotatable bonds is 8. The van der Waals surface area contributed by atoms with E-state index in [0.29, 0.717) is 0 Å². The molecule has 0 rings (SSSR count). The topological polar surface area (TPSA) is 35.5 Å². The summed E-state index contributed by atoms with van der Waals surface area (Å²) in [5, 5.41) is 0. The van der Waals surface area contributed by atoms with E-state index in [1.54, 1.807) is 12.2 Å². The molecule has 0 aromatic heterocycles. The summed E-state index contributed by atoms with van der Waals surface area (Å²) in [6, 6.07) is 0. The minimum absolute atomic E-state index is 0.175. The third-order valence-electron chi connectivity index (χ3n) is 2.59. The van der Waals surface area contributed by atoms with Crippen molar-refractivity contribution in [3.8, 4) is 24.7 Å². The van der Waals surface area contributed by atoms with Gasteiger partial charge < -0.3 is 9.05 Å². The van der Waals surface area contributed by atoms with Gasteiger partial charge in [0.1, 0.15) is 0 Å². The molecular weight excluding hydrogens is 271 g/mol. The van der Waals surface area contributed by atoms with Crippen molar-refractivity contribution in [2.24, 2.45) is 10.8 Å². The maximum atomic E-state index is 12.7. The van der Waals surface area contributed by atoms with Gasteiger partial charge in [0.05, 0.1) is 19.4 Å². The lowest BCUT2D eigenvalue weighted by molar-refractivity contribution is 0.146. The number of allylic oxidation sites excluding steroid dienone is 2. The molecular formula is C16H25O3P. The van der Waals surface area contributed by atoms with Crippen LogP contribution < -0.4 is 0 Å². The van der Waals surface area contributed by atoms with Crippen LogP contribution in [0.4, 0.5) is 0 Å². The van der Waals surface area contributed by atoms with Crippen LogP contribution >= 0.6 is 7.60 Å². The Morgan fingerprint density at radius 1 is 1.05 bits per heavy atom. The Kier molecular flexibility index (Phi) is 7.32. The van der Waals surface area contributed by atoms with Crippen molar-refractivity contribution in [1.29, 1.82) is 0 Å². The van der Waals surface area contributed by atoms with E-state index in [0.717, 1.165) is 0 Å². The Bertz CT molecular complexity index is 427. The molecule has 0 amide bonds. The lowest BCUT2D eigenvalue weighted by atomic mass is 9.97. The molecule has 0 saturated carbocycles. The highest BCUT2D eigenvalue weighted by Crippen LogP contribution is 2.50. The zero-order chi connectivity index (χ0) is 15.9. The second-order valence-electron chi connectivity index (χ2n) is 5.97. The quantitative estimate of drug-likeness (QED) is 0.384. The highest BCUT2D eigenvalue weighted by molar-refractivity contribution is 7.54. The van der Waals surface area contributed by atoms with E-state index >= 15 is 0 Å². The molecule has 0 bridgehead atoms. The van der Waals surface area contributed by atoms with E-state index in [1.165, 1.54) is 0 Å². The Morgan fingerprint density at radius 3 is 1.75 bits per heavy atom. The van der Waals surface area contributed by atoms with Crippen LogP contribution in [0.5, 0.6) is 0 Å². The first-order valence-corrected chi connectivity index (χ1v) is 8.27. The van der Waals surface area contributed by atoms with E-state index in [9.17, 15) is 4.57 Å². The first kappa shape index (κ1) is 19.0. The van der Waals surface area contributed by atoms with E-state index < -0.39 is 18.4 Å². The lowest BCUT2D eigenvalue weighted by Crippen LogP contribution is -2.20. The summed E-state index contributed by atoms with van der Waals surface area (Å²) in [5.41, 5.74) is -0.979. The minimum Gasteiger partial charge on any atom is -0.307 e. The summed E-state index contributed by atoms with van der Waals surface area (Å²) < 4.78 is 23.7. The fourth-order valence-corrected chi connectivity index (χ4v) is 2.77. The normalized spacial score (nSPS) is 13.2. The molecule has 0 saturated heterocycles. The van der Waals surface area contributed by atoms with Gasteiger partial charge >= 0.3 is 7.60 Å². The van der Waals surface area contributed by atoms with Crippen molar-refractivity contribution in [2.45, 2.75) is 34.6 Å². The summed E-state index contributed by atoms with van der Waals surface area (Å²) in [6.45, 7) is 9.58. The molecule has 0 radical (unpaired) electrons. The van der Waals surface area contributed by atoms with Crippen LogP contribution in [0, 0.1) is 35.5 Å². The Hall–Kier alpha value is -0.990. The molecule has 0 N–H and O–H groups in total. The van der Waals surface area contributed by atoms with Crippen LogP contribution in [0.1, 0.15) is 34.6 Å². The predicted molar refractivity (Wildman–Crippen MR) is 84.4 cm³/mol. The Labute approximate surface area is 123 Å². The molecule has 0 aliphatic heterocycles. The van der Waals surface area contributed by atoms with E-state index in [1.807, 2.05) is 34.6 Å². The second kappa shape index (κ2) is 7.70. The summed E-state index contributed by atoms with van der Waals surface area (Å²) in [7, 11) is -3.23. The average Bonchev–Trinajstić information content (AvgIpc) is 2.41. The molecule has 4 heteroatoms. The zero-order valence-electron chi connectivity index (χ0n) is 13.1. The molecule has 112 valence electrons. The van der Waals surface area contributed by atoms with Gasteiger partial charge in [0.2, 0.25) is 0 Å². The van der Waals surface area contributed by atoms with Gasteiger partial charge in [-0.3, -0.25) is 4.57 Å². The largest absolute Gasteiger partial charge is 0.334 e. The summed E-state index contributed by atoms with van der Waals surface area (Å²) >= 11 is 0. The van der Waals surface area contributed by atoms with E-state index in [-0.39, 0.29) is 19.4 Å². The van der Waals surface area contributed by atoms with Crippen molar-refractivity contribution >= 4 is 7.60 Å². The maximum Gasteiger partial charge on any atom is 0.334 e. The van der Waals surface area contributed by atoms with Gasteiger partial charge in [-0.2, -0.15) is 0 Å². The summed E-state index contributed by atoms with van der Waals surface area (Å²) in [4.78, 5) is 0. The van der Waals surface area contributed by atoms with E-state index in [4.69, 9.17) is 21.9 Å². The molecule has 0 heterocycles. The van der Waals surface area contributed by atoms with Crippen molar-refractivity contribution in [1.82, 2.24) is 0 Å². The standard InChI is InChI=1S/C16H25O3P/c1-8-11-12-20(17,18-13-15(4,5)9-2)19-14-16(6,7)10-3/h2-3,8,11H,12-14H2,1,4-7H3. The molecule has 0 aliphatic rings. The molecule has 0 unspecified atom stereocenters.